The third kappa shape index (κ3) is 4.09. The van der Waals surface area contributed by atoms with Gasteiger partial charge in [0.25, 0.3) is 0 Å². The van der Waals surface area contributed by atoms with Gasteiger partial charge in [-0.1, -0.05) is 35.5 Å². The number of rotatable bonds is 3. The lowest BCUT2D eigenvalue weighted by molar-refractivity contribution is 0.342. The molecular formula is C12H18O. The van der Waals surface area contributed by atoms with Crippen LogP contribution in [-0.4, -0.2) is 11.7 Å². The predicted octanol–water partition coefficient (Wildman–Crippen LogP) is 2.98. The molecule has 72 valence electrons. The highest BCUT2D eigenvalue weighted by Crippen LogP contribution is 2.18. The van der Waals surface area contributed by atoms with E-state index in [2.05, 4.69) is 18.2 Å². The van der Waals surface area contributed by atoms with Crippen LogP contribution in [0.1, 0.15) is 32.6 Å². The highest BCUT2D eigenvalue weighted by molar-refractivity contribution is 5.27. The fraction of sp³-hybridized carbons (Fsp3) is 0.500. The lowest BCUT2D eigenvalue weighted by atomic mass is 9.99. The van der Waals surface area contributed by atoms with E-state index >= 15 is 0 Å². The zero-order chi connectivity index (χ0) is 9.52. The number of aliphatic hydroxyl groups excluding tert-OH is 1. The summed E-state index contributed by atoms with van der Waals surface area (Å²) in [6.07, 6.45) is 13.5. The van der Waals surface area contributed by atoms with E-state index in [9.17, 15) is 0 Å². The molecule has 1 nitrogen and oxygen atoms in total. The Hall–Kier alpha value is -0.820. The highest BCUT2D eigenvalue weighted by atomic mass is 16.2. The van der Waals surface area contributed by atoms with Crippen LogP contribution in [0.4, 0.5) is 0 Å². The van der Waals surface area contributed by atoms with E-state index < -0.39 is 0 Å². The molecule has 0 atom stereocenters. The molecule has 1 rings (SSSR count). The van der Waals surface area contributed by atoms with Gasteiger partial charge in [0.2, 0.25) is 0 Å². The standard InChI is InChI=1S/C12H18O/c1-11(9-10-13)7-8-12-5-3-2-4-6-12/h5,7-9,13H,2-4,6,10H2,1H3/b8-7+,11-9-. The van der Waals surface area contributed by atoms with Gasteiger partial charge in [-0.15, -0.1) is 0 Å². The van der Waals surface area contributed by atoms with E-state index in [1.54, 1.807) is 0 Å². The third-order valence-electron chi connectivity index (χ3n) is 2.30. The topological polar surface area (TPSA) is 20.2 Å². The lowest BCUT2D eigenvalue weighted by Gasteiger charge is -2.07. The van der Waals surface area contributed by atoms with Crippen molar-refractivity contribution in [2.75, 3.05) is 6.61 Å². The molecule has 13 heavy (non-hydrogen) atoms. The second-order valence-electron chi connectivity index (χ2n) is 3.49. The molecule has 0 amide bonds. The second-order valence-corrected chi connectivity index (χ2v) is 3.49. The Morgan fingerprint density at radius 3 is 3.00 bits per heavy atom. The molecule has 0 radical (unpaired) electrons. The Bertz CT molecular complexity index is 234. The second kappa shape index (κ2) is 5.76. The summed E-state index contributed by atoms with van der Waals surface area (Å²) in [7, 11) is 0. The van der Waals surface area contributed by atoms with Crippen molar-refractivity contribution in [3.8, 4) is 0 Å². The van der Waals surface area contributed by atoms with Crippen LogP contribution in [-0.2, 0) is 0 Å². The Kier molecular flexibility index (Phi) is 4.55. The first kappa shape index (κ1) is 10.3. The van der Waals surface area contributed by atoms with E-state index in [1.165, 1.54) is 31.3 Å². The summed E-state index contributed by atoms with van der Waals surface area (Å²) in [4.78, 5) is 0. The van der Waals surface area contributed by atoms with Gasteiger partial charge in [0.15, 0.2) is 0 Å². The van der Waals surface area contributed by atoms with E-state index in [0.29, 0.717) is 0 Å². The fourth-order valence-electron chi connectivity index (χ4n) is 1.46. The molecule has 1 aliphatic rings. The highest BCUT2D eigenvalue weighted by Gasteiger charge is 1.98. The molecule has 1 heteroatoms. The van der Waals surface area contributed by atoms with Crippen molar-refractivity contribution >= 4 is 0 Å². The summed E-state index contributed by atoms with van der Waals surface area (Å²) in [6, 6.07) is 0. The molecule has 0 aromatic rings. The maximum atomic E-state index is 8.65. The molecule has 0 bridgehead atoms. The van der Waals surface area contributed by atoms with Gasteiger partial charge < -0.3 is 5.11 Å². The van der Waals surface area contributed by atoms with Crippen molar-refractivity contribution in [2.45, 2.75) is 32.6 Å². The first-order valence-electron chi connectivity index (χ1n) is 4.97. The van der Waals surface area contributed by atoms with Crippen LogP contribution < -0.4 is 0 Å². The number of allylic oxidation sites excluding steroid dienone is 5. The normalized spacial score (nSPS) is 19.2. The van der Waals surface area contributed by atoms with E-state index in [1.807, 2.05) is 13.0 Å². The average molecular weight is 178 g/mol. The van der Waals surface area contributed by atoms with Gasteiger partial charge in [-0.25, -0.2) is 0 Å². The molecule has 0 aromatic heterocycles. The van der Waals surface area contributed by atoms with Gasteiger partial charge in [-0.2, -0.15) is 0 Å². The predicted molar refractivity (Wildman–Crippen MR) is 56.5 cm³/mol. The zero-order valence-corrected chi connectivity index (χ0v) is 8.29. The molecule has 1 aliphatic carbocycles. The van der Waals surface area contributed by atoms with Gasteiger partial charge in [0.05, 0.1) is 6.61 Å². The maximum Gasteiger partial charge on any atom is 0.0617 e. The minimum Gasteiger partial charge on any atom is -0.392 e. The summed E-state index contributed by atoms with van der Waals surface area (Å²) in [5.41, 5.74) is 2.57. The molecule has 0 aliphatic heterocycles. The molecule has 1 N–H and O–H groups in total. The number of hydrogen-bond donors (Lipinski definition) is 1. The average Bonchev–Trinajstić information content (AvgIpc) is 2.17. The number of aliphatic hydroxyl groups is 1. The maximum absolute atomic E-state index is 8.65. The minimum absolute atomic E-state index is 0.134. The van der Waals surface area contributed by atoms with E-state index in [0.717, 1.165) is 5.57 Å². The monoisotopic (exact) mass is 178 g/mol. The van der Waals surface area contributed by atoms with Crippen molar-refractivity contribution in [1.82, 2.24) is 0 Å². The Balaban J connectivity index is 2.46. The van der Waals surface area contributed by atoms with Gasteiger partial charge in [-0.05, 0) is 32.6 Å². The molecule has 0 heterocycles. The largest absolute Gasteiger partial charge is 0.392 e. The van der Waals surface area contributed by atoms with Crippen LogP contribution in [0.5, 0.6) is 0 Å². The lowest BCUT2D eigenvalue weighted by Crippen LogP contribution is -1.88. The van der Waals surface area contributed by atoms with Crippen LogP contribution in [0.15, 0.2) is 35.5 Å². The molecule has 0 unspecified atom stereocenters. The SMILES string of the molecule is CC(=C/CO)/C=C/C1=CCCCC1. The first-order chi connectivity index (χ1) is 6.33. The Morgan fingerprint density at radius 2 is 2.38 bits per heavy atom. The first-order valence-corrected chi connectivity index (χ1v) is 4.97. The minimum atomic E-state index is 0.134. The summed E-state index contributed by atoms with van der Waals surface area (Å²) in [5.74, 6) is 0. The summed E-state index contributed by atoms with van der Waals surface area (Å²) in [6.45, 7) is 2.14. The van der Waals surface area contributed by atoms with Crippen LogP contribution in [0, 0.1) is 0 Å². The van der Waals surface area contributed by atoms with Gasteiger partial charge in [0, 0.05) is 0 Å². The van der Waals surface area contributed by atoms with Crippen LogP contribution in [0.3, 0.4) is 0 Å². The van der Waals surface area contributed by atoms with Crippen molar-refractivity contribution in [1.29, 1.82) is 0 Å². The number of hydrogen-bond acceptors (Lipinski definition) is 1. The van der Waals surface area contributed by atoms with Crippen LogP contribution in [0.25, 0.3) is 0 Å². The summed E-state index contributed by atoms with van der Waals surface area (Å²) in [5, 5.41) is 8.65. The third-order valence-corrected chi connectivity index (χ3v) is 2.30. The van der Waals surface area contributed by atoms with Gasteiger partial charge in [-0.3, -0.25) is 0 Å². The molecular weight excluding hydrogens is 160 g/mol. The van der Waals surface area contributed by atoms with Crippen molar-refractivity contribution in [3.63, 3.8) is 0 Å². The molecule has 0 saturated heterocycles. The van der Waals surface area contributed by atoms with E-state index in [-0.39, 0.29) is 6.61 Å². The van der Waals surface area contributed by atoms with Crippen LogP contribution >= 0.6 is 0 Å². The molecule has 0 fully saturated rings. The van der Waals surface area contributed by atoms with Gasteiger partial charge in [0.1, 0.15) is 0 Å². The van der Waals surface area contributed by atoms with Crippen molar-refractivity contribution < 1.29 is 5.11 Å². The Morgan fingerprint density at radius 1 is 1.54 bits per heavy atom. The van der Waals surface area contributed by atoms with Gasteiger partial charge >= 0.3 is 0 Å². The summed E-state index contributed by atoms with van der Waals surface area (Å²) < 4.78 is 0. The smallest absolute Gasteiger partial charge is 0.0617 e. The molecule has 0 spiro atoms. The fourth-order valence-corrected chi connectivity index (χ4v) is 1.46. The van der Waals surface area contributed by atoms with Crippen molar-refractivity contribution in [2.24, 2.45) is 0 Å². The van der Waals surface area contributed by atoms with Crippen molar-refractivity contribution in [3.05, 3.63) is 35.5 Å². The Labute approximate surface area is 80.5 Å². The van der Waals surface area contributed by atoms with E-state index in [4.69, 9.17) is 5.11 Å². The summed E-state index contributed by atoms with van der Waals surface area (Å²) >= 11 is 0. The van der Waals surface area contributed by atoms with Crippen LogP contribution in [0.2, 0.25) is 0 Å². The quantitative estimate of drug-likeness (QED) is 0.659. The molecule has 0 aromatic carbocycles. The zero-order valence-electron chi connectivity index (χ0n) is 8.29. The molecule has 0 saturated carbocycles.